The van der Waals surface area contributed by atoms with Gasteiger partial charge in [-0.3, -0.25) is 5.43 Å². The number of halogens is 2. The summed E-state index contributed by atoms with van der Waals surface area (Å²) < 4.78 is 0. The van der Waals surface area contributed by atoms with Crippen LogP contribution in [-0.2, 0) is 0 Å². The third-order valence-corrected chi connectivity index (χ3v) is 4.93. The summed E-state index contributed by atoms with van der Waals surface area (Å²) in [5.41, 5.74) is 6.59. The predicted molar refractivity (Wildman–Crippen MR) is 105 cm³/mol. The number of nitrogens with zero attached hydrogens (tertiary/aromatic N) is 3. The van der Waals surface area contributed by atoms with Gasteiger partial charge < -0.3 is 0 Å². The van der Waals surface area contributed by atoms with Crippen LogP contribution in [0, 0.1) is 18.3 Å². The second-order valence-corrected chi connectivity index (χ2v) is 6.89. The fourth-order valence-electron chi connectivity index (χ4n) is 2.13. The Morgan fingerprint density at radius 3 is 2.76 bits per heavy atom. The number of aromatic nitrogens is 1. The van der Waals surface area contributed by atoms with Gasteiger partial charge >= 0.3 is 0 Å². The Balaban J connectivity index is 1.85. The number of thiazole rings is 1. The molecule has 0 spiro atoms. The number of benzene rings is 2. The van der Waals surface area contributed by atoms with E-state index in [1.54, 1.807) is 12.1 Å². The molecular formula is C18H12Cl2N4S. The third-order valence-electron chi connectivity index (χ3n) is 3.34. The Morgan fingerprint density at radius 2 is 2.04 bits per heavy atom. The maximum atomic E-state index is 9.38. The topological polar surface area (TPSA) is 61.1 Å². The van der Waals surface area contributed by atoms with E-state index in [1.165, 1.54) is 11.3 Å². The summed E-state index contributed by atoms with van der Waals surface area (Å²) in [4.78, 5) is 4.48. The second-order valence-electron chi connectivity index (χ2n) is 5.22. The zero-order chi connectivity index (χ0) is 17.8. The largest absolute Gasteiger partial charge is 0.277 e. The zero-order valence-corrected chi connectivity index (χ0v) is 15.5. The zero-order valence-electron chi connectivity index (χ0n) is 13.1. The number of aryl methyl sites for hydroxylation is 1. The number of hydrogen-bond donors (Lipinski definition) is 1. The summed E-state index contributed by atoms with van der Waals surface area (Å²) in [6, 6.07) is 15.1. The first-order valence-electron chi connectivity index (χ1n) is 7.28. The summed E-state index contributed by atoms with van der Waals surface area (Å²) in [6.07, 6.45) is 0. The molecule has 2 aromatic carbocycles. The molecule has 0 saturated carbocycles. The molecule has 25 heavy (non-hydrogen) atoms. The highest BCUT2D eigenvalue weighted by molar-refractivity contribution is 7.12. The van der Waals surface area contributed by atoms with E-state index in [4.69, 9.17) is 23.2 Å². The lowest BCUT2D eigenvalue weighted by Crippen LogP contribution is -2.01. The molecule has 3 rings (SSSR count). The van der Waals surface area contributed by atoms with Gasteiger partial charge in [0.2, 0.25) is 0 Å². The number of hydrazone groups is 1. The third kappa shape index (κ3) is 4.18. The highest BCUT2D eigenvalue weighted by Crippen LogP contribution is 2.29. The van der Waals surface area contributed by atoms with Crippen molar-refractivity contribution >= 4 is 45.9 Å². The van der Waals surface area contributed by atoms with Crippen molar-refractivity contribution in [2.45, 2.75) is 6.92 Å². The van der Waals surface area contributed by atoms with Crippen LogP contribution in [0.25, 0.3) is 11.3 Å². The van der Waals surface area contributed by atoms with Gasteiger partial charge in [-0.1, -0.05) is 41.4 Å². The number of nitrogens with one attached hydrogen (secondary N) is 1. The fraction of sp³-hybridized carbons (Fsp3) is 0.0556. The number of rotatable bonds is 4. The quantitative estimate of drug-likeness (QED) is 0.457. The molecule has 4 nitrogen and oxygen atoms in total. The number of nitriles is 1. The van der Waals surface area contributed by atoms with E-state index in [2.05, 4.69) is 21.6 Å². The predicted octanol–water partition coefficient (Wildman–Crippen LogP) is 5.77. The number of hydrogen-bond acceptors (Lipinski definition) is 5. The smallest absolute Gasteiger partial charge is 0.196 e. The molecule has 0 unspecified atom stereocenters. The minimum absolute atomic E-state index is 0.220. The van der Waals surface area contributed by atoms with Crippen molar-refractivity contribution in [2.75, 3.05) is 5.43 Å². The van der Waals surface area contributed by atoms with Crippen LogP contribution in [0.2, 0.25) is 10.0 Å². The molecule has 0 aliphatic rings. The molecule has 1 heterocycles. The van der Waals surface area contributed by atoms with Gasteiger partial charge in [0.05, 0.1) is 21.4 Å². The molecule has 3 aromatic rings. The Hall–Kier alpha value is -2.39. The van der Waals surface area contributed by atoms with Gasteiger partial charge in [-0.25, -0.2) is 4.98 Å². The van der Waals surface area contributed by atoms with E-state index in [9.17, 15) is 5.26 Å². The van der Waals surface area contributed by atoms with Crippen LogP contribution in [0.15, 0.2) is 52.9 Å². The van der Waals surface area contributed by atoms with E-state index in [0.29, 0.717) is 15.1 Å². The Labute approximate surface area is 159 Å². The Morgan fingerprint density at radius 1 is 1.20 bits per heavy atom. The standard InChI is InChI=1S/C18H12Cl2N4S/c1-11-3-2-4-13(7-11)23-24-16(9-21)18-22-17(10-25-18)12-5-6-14(19)15(20)8-12/h2-8,10,23H,1H3/b24-16-. The summed E-state index contributed by atoms with van der Waals surface area (Å²) in [5.74, 6) is 0. The van der Waals surface area contributed by atoms with E-state index in [0.717, 1.165) is 22.5 Å². The lowest BCUT2D eigenvalue weighted by molar-refractivity contribution is 1.30. The summed E-state index contributed by atoms with van der Waals surface area (Å²) >= 11 is 13.3. The van der Waals surface area contributed by atoms with Crippen molar-refractivity contribution < 1.29 is 0 Å². The molecule has 0 bridgehead atoms. The van der Waals surface area contributed by atoms with Crippen molar-refractivity contribution in [1.82, 2.24) is 4.98 Å². The molecule has 0 aliphatic heterocycles. The van der Waals surface area contributed by atoms with Crippen LogP contribution >= 0.6 is 34.5 Å². The Bertz CT molecular complexity index is 989. The molecule has 7 heteroatoms. The van der Waals surface area contributed by atoms with Crippen LogP contribution in [0.5, 0.6) is 0 Å². The summed E-state index contributed by atoms with van der Waals surface area (Å²) in [7, 11) is 0. The van der Waals surface area contributed by atoms with Crippen LogP contribution < -0.4 is 5.43 Å². The summed E-state index contributed by atoms with van der Waals surface area (Å²) in [6.45, 7) is 1.99. The molecule has 1 aromatic heterocycles. The van der Waals surface area contributed by atoms with E-state index in [-0.39, 0.29) is 5.71 Å². The van der Waals surface area contributed by atoms with Gasteiger partial charge in [0.1, 0.15) is 6.07 Å². The molecule has 124 valence electrons. The van der Waals surface area contributed by atoms with Crippen molar-refractivity contribution in [1.29, 1.82) is 5.26 Å². The summed E-state index contributed by atoms with van der Waals surface area (Å²) in [5, 5.41) is 16.9. The molecular weight excluding hydrogens is 375 g/mol. The van der Waals surface area contributed by atoms with Gasteiger partial charge in [-0.15, -0.1) is 11.3 Å². The van der Waals surface area contributed by atoms with Gasteiger partial charge in [0, 0.05) is 10.9 Å². The average Bonchev–Trinajstić information content (AvgIpc) is 3.08. The lowest BCUT2D eigenvalue weighted by Gasteiger charge is -2.01. The van der Waals surface area contributed by atoms with E-state index >= 15 is 0 Å². The average molecular weight is 387 g/mol. The van der Waals surface area contributed by atoms with Crippen LogP contribution in [-0.4, -0.2) is 10.7 Å². The van der Waals surface area contributed by atoms with E-state index < -0.39 is 0 Å². The lowest BCUT2D eigenvalue weighted by atomic mass is 10.2. The normalized spacial score (nSPS) is 11.2. The van der Waals surface area contributed by atoms with Crippen molar-refractivity contribution in [3.05, 3.63) is 68.5 Å². The highest BCUT2D eigenvalue weighted by atomic mass is 35.5. The van der Waals surface area contributed by atoms with Crippen LogP contribution in [0.4, 0.5) is 5.69 Å². The molecule has 0 aliphatic carbocycles. The molecule has 1 N–H and O–H groups in total. The van der Waals surface area contributed by atoms with Gasteiger partial charge in [0.15, 0.2) is 10.7 Å². The minimum atomic E-state index is 0.220. The molecule has 0 atom stereocenters. The second kappa shape index (κ2) is 7.66. The van der Waals surface area contributed by atoms with E-state index in [1.807, 2.05) is 42.6 Å². The molecule has 0 fully saturated rings. The maximum absolute atomic E-state index is 9.38. The SMILES string of the molecule is Cc1cccc(N/N=C(/C#N)c2nc(-c3ccc(Cl)c(Cl)c3)cs2)c1. The molecule has 0 saturated heterocycles. The van der Waals surface area contributed by atoms with Gasteiger partial charge in [0.25, 0.3) is 0 Å². The number of anilines is 1. The van der Waals surface area contributed by atoms with Crippen molar-refractivity contribution in [2.24, 2.45) is 5.10 Å². The fourth-order valence-corrected chi connectivity index (χ4v) is 3.19. The first-order valence-corrected chi connectivity index (χ1v) is 8.92. The first-order chi connectivity index (χ1) is 12.1. The van der Waals surface area contributed by atoms with Crippen LogP contribution in [0.3, 0.4) is 0 Å². The van der Waals surface area contributed by atoms with Gasteiger partial charge in [-0.05, 0) is 36.8 Å². The minimum Gasteiger partial charge on any atom is -0.277 e. The Kier molecular flexibility index (Phi) is 5.34. The van der Waals surface area contributed by atoms with Crippen LogP contribution in [0.1, 0.15) is 10.6 Å². The van der Waals surface area contributed by atoms with Crippen molar-refractivity contribution in [3.8, 4) is 17.3 Å². The van der Waals surface area contributed by atoms with Gasteiger partial charge in [-0.2, -0.15) is 10.4 Å². The monoisotopic (exact) mass is 386 g/mol. The maximum Gasteiger partial charge on any atom is 0.196 e. The first kappa shape index (κ1) is 17.4. The molecule has 0 radical (unpaired) electrons. The molecule has 0 amide bonds. The highest BCUT2D eigenvalue weighted by Gasteiger charge is 2.11. The van der Waals surface area contributed by atoms with Crippen molar-refractivity contribution in [3.63, 3.8) is 0 Å².